The molecule has 2 rings (SSSR count). The van der Waals surface area contributed by atoms with E-state index in [-0.39, 0.29) is 5.75 Å². The summed E-state index contributed by atoms with van der Waals surface area (Å²) in [5.74, 6) is 1.17. The van der Waals surface area contributed by atoms with Gasteiger partial charge in [0.25, 0.3) is 0 Å². The zero-order chi connectivity index (χ0) is 15.3. The first-order chi connectivity index (χ1) is 10.0. The lowest BCUT2D eigenvalue weighted by Crippen LogP contribution is -2.18. The number of thiazole rings is 1. The van der Waals surface area contributed by atoms with Gasteiger partial charge in [-0.15, -0.1) is 11.3 Å². The van der Waals surface area contributed by atoms with E-state index in [0.29, 0.717) is 23.1 Å². The van der Waals surface area contributed by atoms with Crippen molar-refractivity contribution in [2.24, 2.45) is 0 Å². The van der Waals surface area contributed by atoms with Gasteiger partial charge in [0.1, 0.15) is 0 Å². The maximum absolute atomic E-state index is 11.9. The summed E-state index contributed by atoms with van der Waals surface area (Å²) in [5.41, 5.74) is 0.858. The number of hydrogen-bond donors (Lipinski definition) is 1. The third-order valence-electron chi connectivity index (χ3n) is 2.78. The van der Waals surface area contributed by atoms with Crippen molar-refractivity contribution in [3.05, 3.63) is 35.3 Å². The van der Waals surface area contributed by atoms with Crippen LogP contribution in [0.2, 0.25) is 0 Å². The number of anilines is 1. The Morgan fingerprint density at radius 3 is 2.62 bits per heavy atom. The zero-order valence-corrected chi connectivity index (χ0v) is 13.3. The summed E-state index contributed by atoms with van der Waals surface area (Å²) in [6.07, 6.45) is 1.93. The van der Waals surface area contributed by atoms with Gasteiger partial charge in [0.2, 0.25) is 10.0 Å². The standard InChI is InChI=1S/C13H16N2O4S2/c1-18-11-4-3-10(9-12(11)19-2)5-8-21(16,17)15-13-14-6-7-20-13/h3-4,6-7,9H,5,8H2,1-2H3,(H,14,15). The van der Waals surface area contributed by atoms with Crippen LogP contribution >= 0.6 is 11.3 Å². The van der Waals surface area contributed by atoms with Crippen molar-refractivity contribution in [1.82, 2.24) is 4.98 Å². The van der Waals surface area contributed by atoms with Crippen molar-refractivity contribution in [2.75, 3.05) is 24.7 Å². The number of sulfonamides is 1. The Morgan fingerprint density at radius 1 is 1.24 bits per heavy atom. The molecule has 0 atom stereocenters. The third-order valence-corrected chi connectivity index (χ3v) is 4.85. The number of methoxy groups -OCH3 is 2. The lowest BCUT2D eigenvalue weighted by molar-refractivity contribution is 0.354. The topological polar surface area (TPSA) is 77.5 Å². The van der Waals surface area contributed by atoms with Gasteiger partial charge in [0.05, 0.1) is 20.0 Å². The van der Waals surface area contributed by atoms with Crippen LogP contribution in [-0.4, -0.2) is 33.4 Å². The Kier molecular flexibility index (Phi) is 5.03. The predicted octanol–water partition coefficient (Wildman–Crippen LogP) is 2.14. The Labute approximate surface area is 127 Å². The van der Waals surface area contributed by atoms with E-state index in [0.717, 1.165) is 5.56 Å². The second-order valence-corrected chi connectivity index (χ2v) is 6.93. The molecule has 0 fully saturated rings. The first kappa shape index (κ1) is 15.6. The molecule has 8 heteroatoms. The van der Waals surface area contributed by atoms with E-state index in [9.17, 15) is 8.42 Å². The molecule has 0 bridgehead atoms. The average molecular weight is 328 g/mol. The third kappa shape index (κ3) is 4.33. The second-order valence-electron chi connectivity index (χ2n) is 4.20. The van der Waals surface area contributed by atoms with Gasteiger partial charge in [-0.25, -0.2) is 13.4 Å². The molecule has 0 aliphatic rings. The van der Waals surface area contributed by atoms with Crippen molar-refractivity contribution in [2.45, 2.75) is 6.42 Å². The summed E-state index contributed by atoms with van der Waals surface area (Å²) in [6.45, 7) is 0. The van der Waals surface area contributed by atoms with Crippen LogP contribution in [0.5, 0.6) is 11.5 Å². The maximum atomic E-state index is 11.9. The Bertz CT molecular complexity index is 684. The minimum atomic E-state index is -3.41. The molecule has 114 valence electrons. The Balaban J connectivity index is 2.02. The lowest BCUT2D eigenvalue weighted by atomic mass is 10.1. The van der Waals surface area contributed by atoms with Gasteiger partial charge >= 0.3 is 0 Å². The Morgan fingerprint density at radius 2 is 2.00 bits per heavy atom. The fourth-order valence-electron chi connectivity index (χ4n) is 1.75. The van der Waals surface area contributed by atoms with Crippen molar-refractivity contribution in [3.63, 3.8) is 0 Å². The first-order valence-electron chi connectivity index (χ1n) is 6.15. The van der Waals surface area contributed by atoms with Gasteiger partial charge in [-0.1, -0.05) is 6.07 Å². The Hall–Kier alpha value is -1.80. The number of benzene rings is 1. The minimum absolute atomic E-state index is 0.0257. The fraction of sp³-hybridized carbons (Fsp3) is 0.308. The largest absolute Gasteiger partial charge is 0.493 e. The number of ether oxygens (including phenoxy) is 2. The molecular weight excluding hydrogens is 312 g/mol. The van der Waals surface area contributed by atoms with Gasteiger partial charge in [0.15, 0.2) is 16.6 Å². The molecule has 0 saturated heterocycles. The van der Waals surface area contributed by atoms with E-state index < -0.39 is 10.0 Å². The fourth-order valence-corrected chi connectivity index (χ4v) is 3.62. The lowest BCUT2D eigenvalue weighted by Gasteiger charge is -2.10. The van der Waals surface area contributed by atoms with Crippen LogP contribution in [0.15, 0.2) is 29.8 Å². The molecule has 1 heterocycles. The first-order valence-corrected chi connectivity index (χ1v) is 8.68. The molecule has 21 heavy (non-hydrogen) atoms. The molecular formula is C13H16N2O4S2. The maximum Gasteiger partial charge on any atom is 0.234 e. The smallest absolute Gasteiger partial charge is 0.234 e. The van der Waals surface area contributed by atoms with E-state index in [1.807, 2.05) is 6.07 Å². The average Bonchev–Trinajstić information content (AvgIpc) is 2.97. The van der Waals surface area contributed by atoms with Crippen LogP contribution in [0, 0.1) is 0 Å². The molecule has 6 nitrogen and oxygen atoms in total. The zero-order valence-electron chi connectivity index (χ0n) is 11.7. The number of hydrogen-bond acceptors (Lipinski definition) is 6. The van der Waals surface area contributed by atoms with E-state index in [1.165, 1.54) is 11.3 Å². The minimum Gasteiger partial charge on any atom is -0.493 e. The highest BCUT2D eigenvalue weighted by atomic mass is 32.2. The van der Waals surface area contributed by atoms with Crippen LogP contribution in [0.4, 0.5) is 5.13 Å². The summed E-state index contributed by atoms with van der Waals surface area (Å²) in [4.78, 5) is 3.90. The summed E-state index contributed by atoms with van der Waals surface area (Å²) >= 11 is 1.24. The number of nitrogens with zero attached hydrogens (tertiary/aromatic N) is 1. The molecule has 0 saturated carbocycles. The SMILES string of the molecule is COc1ccc(CCS(=O)(=O)Nc2nccs2)cc1OC. The second kappa shape index (κ2) is 6.77. The number of aryl methyl sites for hydroxylation is 1. The number of rotatable bonds is 7. The van der Waals surface area contributed by atoms with E-state index >= 15 is 0 Å². The molecule has 1 aromatic heterocycles. The summed E-state index contributed by atoms with van der Waals surface area (Å²) < 4.78 is 36.7. The van der Waals surface area contributed by atoms with Crippen molar-refractivity contribution < 1.29 is 17.9 Å². The van der Waals surface area contributed by atoms with Gasteiger partial charge in [-0.2, -0.15) is 0 Å². The highest BCUT2D eigenvalue weighted by Gasteiger charge is 2.13. The monoisotopic (exact) mass is 328 g/mol. The quantitative estimate of drug-likeness (QED) is 0.842. The molecule has 0 radical (unpaired) electrons. The molecule has 1 N–H and O–H groups in total. The number of aromatic nitrogens is 1. The van der Waals surface area contributed by atoms with E-state index in [1.54, 1.807) is 37.9 Å². The van der Waals surface area contributed by atoms with Crippen LogP contribution in [0.25, 0.3) is 0 Å². The molecule has 1 aromatic carbocycles. The molecule has 0 aliphatic heterocycles. The van der Waals surface area contributed by atoms with Crippen LogP contribution < -0.4 is 14.2 Å². The van der Waals surface area contributed by atoms with Gasteiger partial charge in [-0.05, 0) is 24.1 Å². The van der Waals surface area contributed by atoms with Gasteiger partial charge in [0, 0.05) is 11.6 Å². The molecule has 0 unspecified atom stereocenters. The van der Waals surface area contributed by atoms with Crippen molar-refractivity contribution >= 4 is 26.5 Å². The van der Waals surface area contributed by atoms with Crippen LogP contribution in [0.1, 0.15) is 5.56 Å². The van der Waals surface area contributed by atoms with Crippen LogP contribution in [0.3, 0.4) is 0 Å². The molecule has 2 aromatic rings. The highest BCUT2D eigenvalue weighted by molar-refractivity contribution is 7.92. The summed E-state index contributed by atoms with van der Waals surface area (Å²) in [5, 5.41) is 2.09. The number of nitrogens with one attached hydrogen (secondary N) is 1. The molecule has 0 amide bonds. The molecule has 0 aliphatic carbocycles. The predicted molar refractivity (Wildman–Crippen MR) is 82.8 cm³/mol. The summed E-state index contributed by atoms with van der Waals surface area (Å²) in [6, 6.07) is 5.35. The molecule has 0 spiro atoms. The highest BCUT2D eigenvalue weighted by Crippen LogP contribution is 2.27. The van der Waals surface area contributed by atoms with Gasteiger partial charge < -0.3 is 9.47 Å². The van der Waals surface area contributed by atoms with E-state index in [4.69, 9.17) is 9.47 Å². The van der Waals surface area contributed by atoms with Gasteiger partial charge in [-0.3, -0.25) is 4.72 Å². The normalized spacial score (nSPS) is 11.1. The van der Waals surface area contributed by atoms with E-state index in [2.05, 4.69) is 9.71 Å². The van der Waals surface area contributed by atoms with Crippen molar-refractivity contribution in [3.8, 4) is 11.5 Å². The van der Waals surface area contributed by atoms with Crippen molar-refractivity contribution in [1.29, 1.82) is 0 Å². The van der Waals surface area contributed by atoms with Crippen LogP contribution in [-0.2, 0) is 16.4 Å². The summed E-state index contributed by atoms with van der Waals surface area (Å²) in [7, 11) is -0.313.